The van der Waals surface area contributed by atoms with Crippen molar-refractivity contribution >= 4 is 5.96 Å². The van der Waals surface area contributed by atoms with Gasteiger partial charge in [0.1, 0.15) is 5.54 Å². The van der Waals surface area contributed by atoms with Crippen molar-refractivity contribution in [1.82, 2.24) is 10.7 Å². The van der Waals surface area contributed by atoms with Gasteiger partial charge in [-0.1, -0.05) is 0 Å². The lowest BCUT2D eigenvalue weighted by Crippen LogP contribution is -2.54. The average Bonchev–Trinajstić information content (AvgIpc) is 2.94. The van der Waals surface area contributed by atoms with Gasteiger partial charge in [0.25, 0.3) is 0 Å². The predicted molar refractivity (Wildman–Crippen MR) is 48.9 cm³/mol. The Labute approximate surface area is 85.1 Å². The van der Waals surface area contributed by atoms with Crippen molar-refractivity contribution < 1.29 is 13.2 Å². The minimum atomic E-state index is -4.24. The van der Waals surface area contributed by atoms with Crippen LogP contribution >= 0.6 is 0 Å². The second-order valence-electron chi connectivity index (χ2n) is 4.06. The summed E-state index contributed by atoms with van der Waals surface area (Å²) >= 11 is 0. The molecule has 2 aliphatic carbocycles. The molecule has 0 amide bonds. The molecule has 2 fully saturated rings. The SMILES string of the molecule is NNC(=NC1CC1)NC1(C(F)(F)F)CC1. The number of hydrogen-bond donors (Lipinski definition) is 3. The molecule has 7 heteroatoms. The minimum absolute atomic E-state index is 0.0484. The van der Waals surface area contributed by atoms with E-state index in [1.165, 1.54) is 0 Å². The van der Waals surface area contributed by atoms with Crippen molar-refractivity contribution in [2.24, 2.45) is 10.8 Å². The molecule has 0 aromatic carbocycles. The van der Waals surface area contributed by atoms with Crippen molar-refractivity contribution in [1.29, 1.82) is 0 Å². The Balaban J connectivity index is 2.00. The highest BCUT2D eigenvalue weighted by atomic mass is 19.4. The lowest BCUT2D eigenvalue weighted by Gasteiger charge is -2.22. The van der Waals surface area contributed by atoms with Crippen LogP contribution in [0.3, 0.4) is 0 Å². The van der Waals surface area contributed by atoms with Crippen LogP contribution in [0, 0.1) is 0 Å². The topological polar surface area (TPSA) is 62.4 Å². The summed E-state index contributed by atoms with van der Waals surface area (Å²) in [6.07, 6.45) is -2.23. The Bertz CT molecular complexity index is 278. The molecule has 86 valence electrons. The molecule has 0 saturated heterocycles. The zero-order valence-corrected chi connectivity index (χ0v) is 8.06. The normalized spacial score (nSPS) is 24.9. The number of aliphatic imine (C=N–C) groups is 1. The van der Waals surface area contributed by atoms with Gasteiger partial charge in [-0.3, -0.25) is 5.43 Å². The first-order valence-corrected chi connectivity index (χ1v) is 4.86. The third-order valence-electron chi connectivity index (χ3n) is 2.65. The van der Waals surface area contributed by atoms with E-state index in [0.29, 0.717) is 0 Å². The van der Waals surface area contributed by atoms with Gasteiger partial charge in [-0.25, -0.2) is 10.8 Å². The van der Waals surface area contributed by atoms with Crippen molar-refractivity contribution in [3.8, 4) is 0 Å². The molecule has 2 rings (SSSR count). The Morgan fingerprint density at radius 1 is 1.33 bits per heavy atom. The highest BCUT2D eigenvalue weighted by molar-refractivity contribution is 5.81. The Morgan fingerprint density at radius 2 is 1.93 bits per heavy atom. The minimum Gasteiger partial charge on any atom is -0.341 e. The number of nitrogens with two attached hydrogens (primary N) is 1. The first kappa shape index (κ1) is 10.5. The van der Waals surface area contributed by atoms with Gasteiger partial charge in [-0.2, -0.15) is 13.2 Å². The quantitative estimate of drug-likeness (QED) is 0.278. The maximum atomic E-state index is 12.6. The largest absolute Gasteiger partial charge is 0.411 e. The third kappa shape index (κ3) is 2.17. The first-order valence-electron chi connectivity index (χ1n) is 4.86. The van der Waals surface area contributed by atoms with Gasteiger partial charge in [0, 0.05) is 0 Å². The van der Waals surface area contributed by atoms with E-state index in [1.807, 2.05) is 0 Å². The highest BCUT2D eigenvalue weighted by Crippen LogP contribution is 2.48. The fraction of sp³-hybridized carbons (Fsp3) is 0.875. The van der Waals surface area contributed by atoms with E-state index >= 15 is 0 Å². The van der Waals surface area contributed by atoms with Gasteiger partial charge in [-0.05, 0) is 25.7 Å². The Morgan fingerprint density at radius 3 is 2.27 bits per heavy atom. The number of nitrogens with one attached hydrogen (secondary N) is 2. The number of rotatable bonds is 2. The molecule has 4 nitrogen and oxygen atoms in total. The number of hydrazine groups is 1. The molecule has 2 aliphatic rings. The van der Waals surface area contributed by atoms with E-state index in [-0.39, 0.29) is 24.8 Å². The van der Waals surface area contributed by atoms with Crippen LogP contribution < -0.4 is 16.6 Å². The molecule has 0 heterocycles. The Kier molecular flexibility index (Phi) is 2.29. The van der Waals surface area contributed by atoms with Crippen LogP contribution in [0.5, 0.6) is 0 Å². The lowest BCUT2D eigenvalue weighted by molar-refractivity contribution is -0.161. The first-order chi connectivity index (χ1) is 6.97. The monoisotopic (exact) mass is 222 g/mol. The molecule has 0 atom stereocenters. The van der Waals surface area contributed by atoms with Crippen LogP contribution in [-0.4, -0.2) is 23.7 Å². The van der Waals surface area contributed by atoms with Gasteiger partial charge >= 0.3 is 6.18 Å². The van der Waals surface area contributed by atoms with Crippen LogP contribution in [0.25, 0.3) is 0 Å². The van der Waals surface area contributed by atoms with Gasteiger partial charge in [0.05, 0.1) is 6.04 Å². The molecule has 0 unspecified atom stereocenters. The fourth-order valence-electron chi connectivity index (χ4n) is 1.32. The summed E-state index contributed by atoms with van der Waals surface area (Å²) in [6.45, 7) is 0. The number of guanidine groups is 1. The van der Waals surface area contributed by atoms with Gasteiger partial charge < -0.3 is 5.32 Å². The zero-order valence-electron chi connectivity index (χ0n) is 8.06. The molecule has 2 saturated carbocycles. The van der Waals surface area contributed by atoms with Crippen LogP contribution in [0.1, 0.15) is 25.7 Å². The maximum absolute atomic E-state index is 12.6. The summed E-state index contributed by atoms with van der Waals surface area (Å²) in [5.41, 5.74) is 0.382. The van der Waals surface area contributed by atoms with E-state index in [2.05, 4.69) is 15.7 Å². The van der Waals surface area contributed by atoms with Crippen molar-refractivity contribution in [2.75, 3.05) is 0 Å². The standard InChI is InChI=1S/C8H13F3N4/c9-8(10,11)7(3-4-7)14-6(15-12)13-5-1-2-5/h5H,1-4,12H2,(H2,13,14,15). The van der Waals surface area contributed by atoms with Gasteiger partial charge in [0.15, 0.2) is 0 Å². The molecule has 0 spiro atoms. The summed E-state index contributed by atoms with van der Waals surface area (Å²) in [6, 6.07) is 0.132. The number of alkyl halides is 3. The van der Waals surface area contributed by atoms with Crippen molar-refractivity contribution in [3.63, 3.8) is 0 Å². The molecule has 4 N–H and O–H groups in total. The summed E-state index contributed by atoms with van der Waals surface area (Å²) in [4.78, 5) is 4.01. The maximum Gasteiger partial charge on any atom is 0.411 e. The van der Waals surface area contributed by atoms with E-state index in [1.54, 1.807) is 0 Å². The summed E-state index contributed by atoms with van der Waals surface area (Å²) in [7, 11) is 0. The molecular formula is C8H13F3N4. The smallest absolute Gasteiger partial charge is 0.341 e. The molecule has 0 aromatic heterocycles. The van der Waals surface area contributed by atoms with Crippen LogP contribution in [0.15, 0.2) is 4.99 Å². The summed E-state index contributed by atoms with van der Waals surface area (Å²) < 4.78 is 37.7. The molecular weight excluding hydrogens is 209 g/mol. The van der Waals surface area contributed by atoms with E-state index in [0.717, 1.165) is 12.8 Å². The van der Waals surface area contributed by atoms with Crippen LogP contribution in [0.2, 0.25) is 0 Å². The molecule has 0 bridgehead atoms. The highest BCUT2D eigenvalue weighted by Gasteiger charge is 2.64. The zero-order chi connectivity index (χ0) is 11.1. The summed E-state index contributed by atoms with van der Waals surface area (Å²) in [5.74, 6) is 5.16. The second-order valence-corrected chi connectivity index (χ2v) is 4.06. The fourth-order valence-corrected chi connectivity index (χ4v) is 1.32. The number of halogens is 3. The molecule has 0 aromatic rings. The van der Waals surface area contributed by atoms with Crippen molar-refractivity contribution in [2.45, 2.75) is 43.4 Å². The van der Waals surface area contributed by atoms with Gasteiger partial charge in [0.2, 0.25) is 5.96 Å². The van der Waals surface area contributed by atoms with Gasteiger partial charge in [-0.15, -0.1) is 0 Å². The molecule has 0 radical (unpaired) electrons. The number of hydrogen-bond acceptors (Lipinski definition) is 2. The molecule has 15 heavy (non-hydrogen) atoms. The Hall–Kier alpha value is -0.980. The second kappa shape index (κ2) is 3.26. The van der Waals surface area contributed by atoms with E-state index in [9.17, 15) is 13.2 Å². The lowest BCUT2D eigenvalue weighted by atomic mass is 10.2. The summed E-state index contributed by atoms with van der Waals surface area (Å²) in [5, 5.41) is 2.35. The predicted octanol–water partition coefficient (Wildman–Crippen LogP) is 0.653. The van der Waals surface area contributed by atoms with Crippen LogP contribution in [-0.2, 0) is 0 Å². The van der Waals surface area contributed by atoms with Crippen molar-refractivity contribution in [3.05, 3.63) is 0 Å². The third-order valence-corrected chi connectivity index (χ3v) is 2.65. The van der Waals surface area contributed by atoms with Crippen LogP contribution in [0.4, 0.5) is 13.2 Å². The van der Waals surface area contributed by atoms with E-state index in [4.69, 9.17) is 5.84 Å². The average molecular weight is 222 g/mol. The number of nitrogens with zero attached hydrogens (tertiary/aromatic N) is 1. The molecule has 0 aliphatic heterocycles. The van der Waals surface area contributed by atoms with E-state index < -0.39 is 11.7 Å².